The summed E-state index contributed by atoms with van der Waals surface area (Å²) in [7, 11) is 1.32. The van der Waals surface area contributed by atoms with Crippen LogP contribution in [0.2, 0.25) is 10.0 Å². The van der Waals surface area contributed by atoms with E-state index in [9.17, 15) is 4.79 Å². The first-order valence-electron chi connectivity index (χ1n) is 6.47. The molecule has 2 rings (SSSR count). The first kappa shape index (κ1) is 15.4. The lowest BCUT2D eigenvalue weighted by atomic mass is 10.2. The fourth-order valence-electron chi connectivity index (χ4n) is 1.81. The van der Waals surface area contributed by atoms with E-state index in [4.69, 9.17) is 27.9 Å². The van der Waals surface area contributed by atoms with E-state index in [2.05, 4.69) is 10.1 Å². The number of hydrogen-bond donors (Lipinski definition) is 1. The van der Waals surface area contributed by atoms with Gasteiger partial charge in [-0.1, -0.05) is 23.2 Å². The molecule has 1 aliphatic rings. The second kappa shape index (κ2) is 6.66. The Morgan fingerprint density at radius 1 is 1.45 bits per heavy atom. The van der Waals surface area contributed by atoms with Crippen LogP contribution in [-0.4, -0.2) is 25.2 Å². The fraction of sp³-hybridized carbons (Fsp3) is 0.500. The van der Waals surface area contributed by atoms with Gasteiger partial charge in [0.2, 0.25) is 0 Å². The molecule has 4 nitrogen and oxygen atoms in total. The van der Waals surface area contributed by atoms with Crippen LogP contribution in [0.15, 0.2) is 12.1 Å². The number of halogens is 2. The molecule has 1 aromatic carbocycles. The molecular formula is C14H17Cl2NO3. The topological polar surface area (TPSA) is 47.6 Å². The maximum Gasteiger partial charge on any atom is 0.346 e. The van der Waals surface area contributed by atoms with Gasteiger partial charge in [-0.05, 0) is 31.9 Å². The molecule has 0 spiro atoms. The largest absolute Gasteiger partial charge is 0.477 e. The molecule has 1 N–H and O–H groups in total. The summed E-state index contributed by atoms with van der Waals surface area (Å²) in [6.07, 6.45) is 1.64. The lowest BCUT2D eigenvalue weighted by Crippen LogP contribution is -2.26. The Morgan fingerprint density at radius 3 is 2.75 bits per heavy atom. The molecule has 1 aromatic rings. The van der Waals surface area contributed by atoms with E-state index in [1.807, 2.05) is 0 Å². The van der Waals surface area contributed by atoms with Gasteiger partial charge in [0, 0.05) is 23.2 Å². The number of esters is 1. The van der Waals surface area contributed by atoms with Crippen LogP contribution in [0, 0.1) is 0 Å². The highest BCUT2D eigenvalue weighted by atomic mass is 35.5. The monoisotopic (exact) mass is 317 g/mol. The lowest BCUT2D eigenvalue weighted by molar-refractivity contribution is -0.147. The van der Waals surface area contributed by atoms with Crippen molar-refractivity contribution < 1.29 is 14.3 Å². The summed E-state index contributed by atoms with van der Waals surface area (Å²) in [5, 5.41) is 4.30. The maximum atomic E-state index is 11.4. The van der Waals surface area contributed by atoms with Crippen molar-refractivity contribution in [2.24, 2.45) is 0 Å². The second-order valence-corrected chi connectivity index (χ2v) is 5.66. The van der Waals surface area contributed by atoms with E-state index in [1.165, 1.54) is 20.0 Å². The molecular weight excluding hydrogens is 301 g/mol. The highest BCUT2D eigenvalue weighted by Gasteiger charge is 2.23. The number of carbonyl (C=O) groups excluding carboxylic acids is 1. The van der Waals surface area contributed by atoms with E-state index < -0.39 is 12.1 Å². The maximum absolute atomic E-state index is 11.4. The van der Waals surface area contributed by atoms with Gasteiger partial charge in [-0.3, -0.25) is 0 Å². The molecule has 0 amide bonds. The predicted octanol–water partition coefficient (Wildman–Crippen LogP) is 3.19. The SMILES string of the molecule is COC(=O)C(C)Oc1c(Cl)cc(Cl)cc1CNC1CC1. The Morgan fingerprint density at radius 2 is 2.15 bits per heavy atom. The highest BCUT2D eigenvalue weighted by molar-refractivity contribution is 6.35. The summed E-state index contributed by atoms with van der Waals surface area (Å²) in [6.45, 7) is 2.23. The summed E-state index contributed by atoms with van der Waals surface area (Å²) >= 11 is 12.2. The third kappa shape index (κ3) is 4.01. The van der Waals surface area contributed by atoms with Crippen molar-refractivity contribution in [3.8, 4) is 5.75 Å². The minimum absolute atomic E-state index is 0.390. The molecule has 0 saturated heterocycles. The number of ether oxygens (including phenoxy) is 2. The summed E-state index contributed by atoms with van der Waals surface area (Å²) in [5.41, 5.74) is 0.838. The van der Waals surface area contributed by atoms with Gasteiger partial charge in [0.25, 0.3) is 0 Å². The van der Waals surface area contributed by atoms with Gasteiger partial charge < -0.3 is 14.8 Å². The van der Waals surface area contributed by atoms with Crippen molar-refractivity contribution in [3.05, 3.63) is 27.7 Å². The minimum atomic E-state index is -0.724. The number of carbonyl (C=O) groups is 1. The molecule has 6 heteroatoms. The van der Waals surface area contributed by atoms with Crippen molar-refractivity contribution in [1.29, 1.82) is 0 Å². The quantitative estimate of drug-likeness (QED) is 0.819. The Bertz CT molecular complexity index is 503. The number of benzene rings is 1. The third-order valence-electron chi connectivity index (χ3n) is 3.07. The fourth-order valence-corrected chi connectivity index (χ4v) is 2.39. The van der Waals surface area contributed by atoms with Crippen molar-refractivity contribution in [2.75, 3.05) is 7.11 Å². The molecule has 110 valence electrons. The second-order valence-electron chi connectivity index (χ2n) is 4.81. The van der Waals surface area contributed by atoms with Crippen LogP contribution in [0.25, 0.3) is 0 Å². The van der Waals surface area contributed by atoms with Crippen LogP contribution in [-0.2, 0) is 16.1 Å². The highest BCUT2D eigenvalue weighted by Crippen LogP contribution is 2.34. The molecule has 1 unspecified atom stereocenters. The molecule has 0 aromatic heterocycles. The van der Waals surface area contributed by atoms with E-state index >= 15 is 0 Å². The van der Waals surface area contributed by atoms with Crippen LogP contribution in [0.3, 0.4) is 0 Å². The zero-order chi connectivity index (χ0) is 14.7. The molecule has 0 heterocycles. The Kier molecular flexibility index (Phi) is 5.13. The van der Waals surface area contributed by atoms with E-state index in [1.54, 1.807) is 19.1 Å². The molecule has 1 aliphatic carbocycles. The minimum Gasteiger partial charge on any atom is -0.477 e. The molecule has 1 atom stereocenters. The summed E-state index contributed by atoms with van der Waals surface area (Å²) in [4.78, 5) is 11.4. The summed E-state index contributed by atoms with van der Waals surface area (Å²) < 4.78 is 10.3. The van der Waals surface area contributed by atoms with E-state index in [0.717, 1.165) is 5.56 Å². The van der Waals surface area contributed by atoms with Crippen molar-refractivity contribution in [1.82, 2.24) is 5.32 Å². The number of nitrogens with one attached hydrogen (secondary N) is 1. The summed E-state index contributed by atoms with van der Waals surface area (Å²) in [6, 6.07) is 3.95. The molecule has 0 aliphatic heterocycles. The van der Waals surface area contributed by atoms with Crippen molar-refractivity contribution >= 4 is 29.2 Å². The smallest absolute Gasteiger partial charge is 0.346 e. The predicted molar refractivity (Wildman–Crippen MR) is 78.4 cm³/mol. The van der Waals surface area contributed by atoms with Crippen LogP contribution in [0.5, 0.6) is 5.75 Å². The van der Waals surface area contributed by atoms with Crippen LogP contribution in [0.1, 0.15) is 25.3 Å². The van der Waals surface area contributed by atoms with Crippen molar-refractivity contribution in [2.45, 2.75) is 38.5 Å². The van der Waals surface area contributed by atoms with Gasteiger partial charge in [-0.2, -0.15) is 0 Å². The van der Waals surface area contributed by atoms with Gasteiger partial charge >= 0.3 is 5.97 Å². The number of hydrogen-bond acceptors (Lipinski definition) is 4. The van der Waals surface area contributed by atoms with Crippen molar-refractivity contribution in [3.63, 3.8) is 0 Å². The van der Waals surface area contributed by atoms with E-state index in [-0.39, 0.29) is 0 Å². The Balaban J connectivity index is 2.17. The molecule has 0 bridgehead atoms. The Labute approximate surface area is 128 Å². The normalized spacial score (nSPS) is 15.8. The van der Waals surface area contributed by atoms with Crippen LogP contribution in [0.4, 0.5) is 0 Å². The average Bonchev–Trinajstić information content (AvgIpc) is 3.22. The molecule has 20 heavy (non-hydrogen) atoms. The van der Waals surface area contributed by atoms with Gasteiger partial charge in [-0.25, -0.2) is 4.79 Å². The zero-order valence-corrected chi connectivity index (χ0v) is 12.9. The summed E-state index contributed by atoms with van der Waals surface area (Å²) in [5.74, 6) is 0.0271. The third-order valence-corrected chi connectivity index (χ3v) is 3.57. The van der Waals surface area contributed by atoms with Gasteiger partial charge in [0.05, 0.1) is 12.1 Å². The van der Waals surface area contributed by atoms with Gasteiger partial charge in [-0.15, -0.1) is 0 Å². The molecule has 1 fully saturated rings. The van der Waals surface area contributed by atoms with Crippen LogP contribution >= 0.6 is 23.2 Å². The average molecular weight is 318 g/mol. The van der Waals surface area contributed by atoms with Gasteiger partial charge in [0.15, 0.2) is 6.10 Å². The van der Waals surface area contributed by atoms with Gasteiger partial charge in [0.1, 0.15) is 5.75 Å². The number of methoxy groups -OCH3 is 1. The van der Waals surface area contributed by atoms with E-state index in [0.29, 0.717) is 28.4 Å². The molecule has 1 saturated carbocycles. The molecule has 0 radical (unpaired) electrons. The lowest BCUT2D eigenvalue weighted by Gasteiger charge is -2.18. The Hall–Kier alpha value is -0.970. The first-order chi connectivity index (χ1) is 9.51. The van der Waals surface area contributed by atoms with Crippen LogP contribution < -0.4 is 10.1 Å². The zero-order valence-electron chi connectivity index (χ0n) is 11.4. The first-order valence-corrected chi connectivity index (χ1v) is 7.22. The number of rotatable bonds is 6. The standard InChI is InChI=1S/C14H17Cl2NO3/c1-8(14(18)19-2)20-13-9(7-17-11-3-4-11)5-10(15)6-12(13)16/h5-6,8,11,17H,3-4,7H2,1-2H3.